The van der Waals surface area contributed by atoms with Crippen molar-refractivity contribution in [3.8, 4) is 0 Å². The summed E-state index contributed by atoms with van der Waals surface area (Å²) in [5.41, 5.74) is 1.13. The molecule has 2 fully saturated rings. The molecule has 0 bridgehead atoms. The molecule has 30 heavy (non-hydrogen) atoms. The average Bonchev–Trinajstić information content (AvgIpc) is 2.75. The van der Waals surface area contributed by atoms with Gasteiger partial charge >= 0.3 is 6.03 Å². The second-order valence-corrected chi connectivity index (χ2v) is 8.94. The topological polar surface area (TPSA) is 67.9 Å². The Morgan fingerprint density at radius 3 is 2.23 bits per heavy atom. The second-order valence-electron chi connectivity index (χ2n) is 8.94. The highest BCUT2D eigenvalue weighted by atomic mass is 16.2. The number of amides is 3. The smallest absolute Gasteiger partial charge is 0.315 e. The molecule has 2 aliphatic heterocycles. The van der Waals surface area contributed by atoms with E-state index in [9.17, 15) is 9.59 Å². The number of likely N-dealkylation sites (tertiary alicyclic amines) is 1. The van der Waals surface area contributed by atoms with Crippen LogP contribution in [-0.2, 0) is 4.79 Å². The van der Waals surface area contributed by atoms with Crippen molar-refractivity contribution in [3.63, 3.8) is 0 Å². The molecule has 1 aromatic rings. The summed E-state index contributed by atoms with van der Waals surface area (Å²) in [4.78, 5) is 31.6. The van der Waals surface area contributed by atoms with Crippen LogP contribution in [0.3, 0.4) is 0 Å². The van der Waals surface area contributed by atoms with Gasteiger partial charge in [-0.2, -0.15) is 0 Å². The number of rotatable bonds is 6. The number of hydrogen-bond acceptors (Lipinski definition) is 4. The summed E-state index contributed by atoms with van der Waals surface area (Å²) in [6, 6.07) is 10.2. The Kier molecular flexibility index (Phi) is 8.10. The molecule has 0 saturated carbocycles. The van der Waals surface area contributed by atoms with Crippen LogP contribution in [0.25, 0.3) is 0 Å². The van der Waals surface area contributed by atoms with Crippen LogP contribution in [-0.4, -0.2) is 85.5 Å². The zero-order valence-electron chi connectivity index (χ0n) is 18.6. The lowest BCUT2D eigenvalue weighted by molar-refractivity contribution is -0.135. The molecule has 0 radical (unpaired) electrons. The predicted molar refractivity (Wildman–Crippen MR) is 119 cm³/mol. The normalized spacial score (nSPS) is 20.2. The van der Waals surface area contributed by atoms with Crippen LogP contribution in [0.4, 0.5) is 4.79 Å². The van der Waals surface area contributed by atoms with Gasteiger partial charge in [-0.25, -0.2) is 4.79 Å². The van der Waals surface area contributed by atoms with Crippen LogP contribution in [0.2, 0.25) is 0 Å². The number of carbonyl (C=O) groups is 2. The molecule has 2 saturated heterocycles. The van der Waals surface area contributed by atoms with Crippen molar-refractivity contribution in [3.05, 3.63) is 35.9 Å². The lowest BCUT2D eigenvalue weighted by Gasteiger charge is -2.36. The molecule has 1 aromatic carbocycles. The minimum Gasteiger partial charge on any atom is -0.342 e. The van der Waals surface area contributed by atoms with Crippen molar-refractivity contribution in [1.29, 1.82) is 0 Å². The fraction of sp³-hybridized carbons (Fsp3) is 0.652. The molecule has 7 nitrogen and oxygen atoms in total. The maximum absolute atomic E-state index is 12.8. The monoisotopic (exact) mass is 415 g/mol. The number of benzene rings is 1. The van der Waals surface area contributed by atoms with Gasteiger partial charge in [0.05, 0.1) is 6.04 Å². The maximum atomic E-state index is 12.8. The van der Waals surface area contributed by atoms with Gasteiger partial charge in [0.15, 0.2) is 0 Å². The van der Waals surface area contributed by atoms with Crippen LogP contribution in [0.5, 0.6) is 0 Å². The minimum absolute atomic E-state index is 0.0269. The first-order valence-corrected chi connectivity index (χ1v) is 11.2. The Morgan fingerprint density at radius 2 is 1.63 bits per heavy atom. The Morgan fingerprint density at radius 1 is 1.00 bits per heavy atom. The number of carbonyl (C=O) groups excluding carboxylic acids is 2. The Labute approximate surface area is 180 Å². The number of urea groups is 1. The van der Waals surface area contributed by atoms with Crippen molar-refractivity contribution < 1.29 is 9.59 Å². The highest BCUT2D eigenvalue weighted by Gasteiger charge is 2.26. The van der Waals surface area contributed by atoms with E-state index in [1.54, 1.807) is 0 Å². The minimum atomic E-state index is -0.119. The fourth-order valence-corrected chi connectivity index (χ4v) is 4.20. The first-order valence-electron chi connectivity index (χ1n) is 11.2. The van der Waals surface area contributed by atoms with E-state index in [0.717, 1.165) is 51.1 Å². The van der Waals surface area contributed by atoms with E-state index < -0.39 is 0 Å². The van der Waals surface area contributed by atoms with Gasteiger partial charge in [-0.15, -0.1) is 0 Å². The average molecular weight is 416 g/mol. The number of piperidine rings is 1. The van der Waals surface area contributed by atoms with Gasteiger partial charge in [0.2, 0.25) is 5.91 Å². The predicted octanol–water partition coefficient (Wildman–Crippen LogP) is 1.92. The molecular weight excluding hydrogens is 378 g/mol. The van der Waals surface area contributed by atoms with E-state index in [4.69, 9.17) is 0 Å². The molecule has 3 rings (SSSR count). The van der Waals surface area contributed by atoms with Crippen molar-refractivity contribution >= 4 is 11.9 Å². The van der Waals surface area contributed by atoms with E-state index in [1.165, 1.54) is 0 Å². The van der Waals surface area contributed by atoms with E-state index in [0.29, 0.717) is 13.1 Å². The van der Waals surface area contributed by atoms with Crippen molar-refractivity contribution in [2.75, 3.05) is 52.9 Å². The Bertz CT molecular complexity index is 680. The van der Waals surface area contributed by atoms with Crippen LogP contribution >= 0.6 is 0 Å². The number of nitrogens with zero attached hydrogens (tertiary/aromatic N) is 3. The maximum Gasteiger partial charge on any atom is 0.315 e. The fourth-order valence-electron chi connectivity index (χ4n) is 4.20. The number of nitrogens with one attached hydrogen (secondary N) is 2. The van der Waals surface area contributed by atoms with Crippen molar-refractivity contribution in [1.82, 2.24) is 25.3 Å². The molecule has 1 unspecified atom stereocenters. The molecule has 2 heterocycles. The van der Waals surface area contributed by atoms with Crippen LogP contribution < -0.4 is 10.6 Å². The Hall–Kier alpha value is -2.12. The van der Waals surface area contributed by atoms with E-state index in [-0.39, 0.29) is 29.9 Å². The molecule has 0 aromatic heterocycles. The molecule has 2 N–H and O–H groups in total. The molecule has 0 aliphatic carbocycles. The van der Waals surface area contributed by atoms with Crippen molar-refractivity contribution in [2.24, 2.45) is 5.92 Å². The highest BCUT2D eigenvalue weighted by molar-refractivity contribution is 5.78. The zero-order chi connectivity index (χ0) is 21.5. The van der Waals surface area contributed by atoms with Crippen LogP contribution in [0, 0.1) is 5.92 Å². The Balaban J connectivity index is 1.53. The summed E-state index contributed by atoms with van der Waals surface area (Å²) < 4.78 is 0. The first kappa shape index (κ1) is 22.6. The SMILES string of the molecule is CC(C)C(=O)N1CCC(NC(=O)NC(CN2CCN(C)CC2)c2ccccc2)CC1. The van der Waals surface area contributed by atoms with Crippen LogP contribution in [0.1, 0.15) is 38.3 Å². The lowest BCUT2D eigenvalue weighted by atomic mass is 10.0. The zero-order valence-corrected chi connectivity index (χ0v) is 18.6. The molecule has 3 amide bonds. The summed E-state index contributed by atoms with van der Waals surface area (Å²) in [5.74, 6) is 0.230. The standard InChI is InChI=1S/C23H37N5O2/c1-18(2)22(29)28-11-9-20(10-12-28)24-23(30)25-21(19-7-5-4-6-8-19)17-27-15-13-26(3)14-16-27/h4-8,18,20-21H,9-17H2,1-3H3,(H2,24,25,30). The number of piperazine rings is 1. The molecule has 2 aliphatic rings. The summed E-state index contributed by atoms with van der Waals surface area (Å²) in [6.07, 6.45) is 1.61. The third-order valence-electron chi connectivity index (χ3n) is 6.18. The van der Waals surface area contributed by atoms with Gasteiger partial charge in [-0.1, -0.05) is 44.2 Å². The molecule has 1 atom stereocenters. The van der Waals surface area contributed by atoms with E-state index in [1.807, 2.05) is 36.9 Å². The molecule has 0 spiro atoms. The van der Waals surface area contributed by atoms with Gasteiger partial charge in [0, 0.05) is 57.8 Å². The van der Waals surface area contributed by atoms with Gasteiger partial charge in [0.25, 0.3) is 0 Å². The first-order chi connectivity index (χ1) is 14.4. The summed E-state index contributed by atoms with van der Waals surface area (Å²) in [6.45, 7) is 10.3. The van der Waals surface area contributed by atoms with Crippen molar-refractivity contribution in [2.45, 2.75) is 38.8 Å². The number of hydrogen-bond donors (Lipinski definition) is 2. The van der Waals surface area contributed by atoms with Crippen LogP contribution in [0.15, 0.2) is 30.3 Å². The third-order valence-corrected chi connectivity index (χ3v) is 6.18. The largest absolute Gasteiger partial charge is 0.342 e. The lowest BCUT2D eigenvalue weighted by Crippen LogP contribution is -2.52. The van der Waals surface area contributed by atoms with Gasteiger partial charge in [-0.05, 0) is 25.5 Å². The molecule has 166 valence electrons. The second kappa shape index (κ2) is 10.8. The summed E-state index contributed by atoms with van der Waals surface area (Å²) in [7, 11) is 2.15. The van der Waals surface area contributed by atoms with Gasteiger partial charge in [-0.3, -0.25) is 9.69 Å². The quantitative estimate of drug-likeness (QED) is 0.745. The summed E-state index contributed by atoms with van der Waals surface area (Å²) >= 11 is 0. The molecule has 7 heteroatoms. The number of likely N-dealkylation sites (N-methyl/N-ethyl adjacent to an activating group) is 1. The summed E-state index contributed by atoms with van der Waals surface area (Å²) in [5, 5.41) is 6.34. The van der Waals surface area contributed by atoms with Gasteiger partial charge in [0.1, 0.15) is 0 Å². The van der Waals surface area contributed by atoms with Gasteiger partial charge < -0.3 is 20.4 Å². The van der Waals surface area contributed by atoms with E-state index >= 15 is 0 Å². The molecular formula is C23H37N5O2. The third kappa shape index (κ3) is 6.44. The van der Waals surface area contributed by atoms with E-state index in [2.05, 4.69) is 39.6 Å². The highest BCUT2D eigenvalue weighted by Crippen LogP contribution is 2.17.